The van der Waals surface area contributed by atoms with Crippen molar-refractivity contribution in [3.63, 3.8) is 0 Å². The van der Waals surface area contributed by atoms with Crippen molar-refractivity contribution < 1.29 is 9.50 Å². The van der Waals surface area contributed by atoms with Gasteiger partial charge in [-0.15, -0.1) is 0 Å². The average molecular weight is 278 g/mol. The predicted molar refractivity (Wildman–Crippen MR) is 73.1 cm³/mol. The van der Waals surface area contributed by atoms with Crippen LogP contribution in [0.4, 0.5) is 4.39 Å². The van der Waals surface area contributed by atoms with Crippen molar-refractivity contribution in [1.82, 2.24) is 9.55 Å². The molecule has 0 saturated heterocycles. The maximum absolute atomic E-state index is 13.4. The Bertz CT molecular complexity index is 775. The van der Waals surface area contributed by atoms with E-state index in [1.807, 2.05) is 18.8 Å². The van der Waals surface area contributed by atoms with Gasteiger partial charge in [0.1, 0.15) is 5.75 Å². The predicted octanol–water partition coefficient (Wildman–Crippen LogP) is 1.80. The topological polar surface area (TPSA) is 75.1 Å². The van der Waals surface area contributed by atoms with Gasteiger partial charge in [-0.25, -0.2) is 4.79 Å². The van der Waals surface area contributed by atoms with E-state index in [9.17, 15) is 19.1 Å². The molecule has 0 aliphatic heterocycles. The lowest BCUT2D eigenvalue weighted by molar-refractivity contribution is 0.469. The molecule has 1 heterocycles. The Labute approximate surface area is 114 Å². The zero-order valence-corrected chi connectivity index (χ0v) is 11.4. The number of aromatic amines is 1. The Balaban J connectivity index is 2.82. The summed E-state index contributed by atoms with van der Waals surface area (Å²) < 4.78 is 14.4. The molecular formula is C14H15FN2O3. The Hall–Kier alpha value is -2.37. The third-order valence-electron chi connectivity index (χ3n) is 3.13. The summed E-state index contributed by atoms with van der Waals surface area (Å²) in [6.07, 6.45) is 0.860. The number of aryl methyl sites for hydroxylation is 1. The van der Waals surface area contributed by atoms with E-state index in [0.29, 0.717) is 16.8 Å². The van der Waals surface area contributed by atoms with Gasteiger partial charge in [0, 0.05) is 0 Å². The molecule has 1 aromatic carbocycles. The Morgan fingerprint density at radius 3 is 2.55 bits per heavy atom. The molecule has 0 fully saturated rings. The van der Waals surface area contributed by atoms with Crippen molar-refractivity contribution in [3.8, 4) is 11.4 Å². The number of hydrogen-bond donors (Lipinski definition) is 2. The number of hydrogen-bond acceptors (Lipinski definition) is 3. The highest BCUT2D eigenvalue weighted by molar-refractivity contribution is 5.51. The summed E-state index contributed by atoms with van der Waals surface area (Å²) in [6.45, 7) is 5.46. The second-order valence-corrected chi connectivity index (χ2v) is 4.96. The zero-order chi connectivity index (χ0) is 15.0. The first-order valence-corrected chi connectivity index (χ1v) is 6.16. The number of aromatic nitrogens is 2. The average Bonchev–Trinajstić information content (AvgIpc) is 2.36. The molecule has 0 unspecified atom stereocenters. The summed E-state index contributed by atoms with van der Waals surface area (Å²) >= 11 is 0. The van der Waals surface area contributed by atoms with E-state index in [2.05, 4.69) is 0 Å². The van der Waals surface area contributed by atoms with E-state index in [0.717, 1.165) is 10.8 Å². The van der Waals surface area contributed by atoms with Gasteiger partial charge in [-0.05, 0) is 36.1 Å². The zero-order valence-electron chi connectivity index (χ0n) is 11.4. The Kier molecular flexibility index (Phi) is 3.48. The van der Waals surface area contributed by atoms with Gasteiger partial charge >= 0.3 is 5.69 Å². The lowest BCUT2D eigenvalue weighted by Crippen LogP contribution is -2.31. The number of benzene rings is 1. The van der Waals surface area contributed by atoms with Crippen LogP contribution in [0.3, 0.4) is 0 Å². The van der Waals surface area contributed by atoms with Gasteiger partial charge in [0.15, 0.2) is 0 Å². The summed E-state index contributed by atoms with van der Waals surface area (Å²) in [7, 11) is 0. The summed E-state index contributed by atoms with van der Waals surface area (Å²) in [5.41, 5.74) is -0.0868. The SMILES string of the molecule is Cc1cc(-n2cc(F)c(=O)[nH]c2=O)c(C(C)C)cc1O. The molecule has 2 aromatic rings. The minimum absolute atomic E-state index is 0.0124. The number of aromatic hydroxyl groups is 1. The van der Waals surface area contributed by atoms with Crippen LogP contribution < -0.4 is 11.2 Å². The number of halogens is 1. The fraction of sp³-hybridized carbons (Fsp3) is 0.286. The molecular weight excluding hydrogens is 263 g/mol. The third-order valence-corrected chi connectivity index (χ3v) is 3.13. The molecule has 0 aliphatic carbocycles. The molecule has 0 spiro atoms. The van der Waals surface area contributed by atoms with Crippen LogP contribution in [-0.2, 0) is 0 Å². The van der Waals surface area contributed by atoms with Gasteiger partial charge in [-0.3, -0.25) is 14.3 Å². The monoisotopic (exact) mass is 278 g/mol. The number of phenolic OH excluding ortho intramolecular Hbond substituents is 1. The number of nitrogens with one attached hydrogen (secondary N) is 1. The number of phenols is 1. The van der Waals surface area contributed by atoms with Crippen LogP contribution in [0.2, 0.25) is 0 Å². The van der Waals surface area contributed by atoms with Gasteiger partial charge in [0.05, 0.1) is 11.9 Å². The van der Waals surface area contributed by atoms with Gasteiger partial charge in [-0.2, -0.15) is 4.39 Å². The van der Waals surface area contributed by atoms with Crippen LogP contribution in [0.15, 0.2) is 27.9 Å². The van der Waals surface area contributed by atoms with E-state index in [1.54, 1.807) is 19.1 Å². The largest absolute Gasteiger partial charge is 0.508 e. The lowest BCUT2D eigenvalue weighted by atomic mass is 9.98. The van der Waals surface area contributed by atoms with Gasteiger partial charge in [0.2, 0.25) is 5.82 Å². The van der Waals surface area contributed by atoms with Gasteiger partial charge in [-0.1, -0.05) is 13.8 Å². The number of rotatable bonds is 2. The molecule has 2 N–H and O–H groups in total. The minimum Gasteiger partial charge on any atom is -0.508 e. The van der Waals surface area contributed by atoms with Crippen LogP contribution in [0.5, 0.6) is 5.75 Å². The molecule has 106 valence electrons. The summed E-state index contributed by atoms with van der Waals surface area (Å²) in [6, 6.07) is 3.13. The second-order valence-electron chi connectivity index (χ2n) is 4.96. The van der Waals surface area contributed by atoms with Crippen molar-refractivity contribution in [2.75, 3.05) is 0 Å². The highest BCUT2D eigenvalue weighted by Crippen LogP contribution is 2.29. The summed E-state index contributed by atoms with van der Waals surface area (Å²) in [5.74, 6) is -0.918. The quantitative estimate of drug-likeness (QED) is 0.879. The smallest absolute Gasteiger partial charge is 0.333 e. The number of nitrogens with zero attached hydrogens (tertiary/aromatic N) is 1. The molecule has 1 aromatic heterocycles. The van der Waals surface area contributed by atoms with E-state index >= 15 is 0 Å². The first-order chi connectivity index (χ1) is 9.31. The van der Waals surface area contributed by atoms with E-state index < -0.39 is 17.1 Å². The standard InChI is InChI=1S/C14H15FN2O3/c1-7(2)9-5-12(18)8(3)4-11(9)17-6-10(15)13(19)16-14(17)20/h4-7,18H,1-3H3,(H,16,19,20). The Morgan fingerprint density at radius 2 is 1.95 bits per heavy atom. The van der Waals surface area contributed by atoms with Crippen molar-refractivity contribution in [2.45, 2.75) is 26.7 Å². The van der Waals surface area contributed by atoms with E-state index in [-0.39, 0.29) is 11.7 Å². The first kappa shape index (κ1) is 14.0. The van der Waals surface area contributed by atoms with Crippen LogP contribution in [0.1, 0.15) is 30.9 Å². The maximum Gasteiger partial charge on any atom is 0.333 e. The van der Waals surface area contributed by atoms with Crippen LogP contribution >= 0.6 is 0 Å². The molecule has 0 atom stereocenters. The van der Waals surface area contributed by atoms with Crippen LogP contribution in [0, 0.1) is 12.7 Å². The molecule has 20 heavy (non-hydrogen) atoms. The maximum atomic E-state index is 13.4. The molecule has 6 heteroatoms. The highest BCUT2D eigenvalue weighted by Gasteiger charge is 2.14. The highest BCUT2D eigenvalue weighted by atomic mass is 19.1. The summed E-state index contributed by atoms with van der Waals surface area (Å²) in [5, 5.41) is 9.77. The molecule has 0 aliphatic rings. The molecule has 0 radical (unpaired) electrons. The molecule has 0 saturated carbocycles. The van der Waals surface area contributed by atoms with Crippen LogP contribution in [0.25, 0.3) is 5.69 Å². The molecule has 2 rings (SSSR count). The molecule has 5 nitrogen and oxygen atoms in total. The van der Waals surface area contributed by atoms with Crippen molar-refractivity contribution in [1.29, 1.82) is 0 Å². The minimum atomic E-state index is -1.05. The fourth-order valence-electron chi connectivity index (χ4n) is 2.00. The second kappa shape index (κ2) is 4.96. The normalized spacial score (nSPS) is 11.1. The lowest BCUT2D eigenvalue weighted by Gasteiger charge is -2.16. The van der Waals surface area contributed by atoms with Gasteiger partial charge in [0.25, 0.3) is 5.56 Å². The van der Waals surface area contributed by atoms with Crippen LogP contribution in [-0.4, -0.2) is 14.7 Å². The molecule has 0 bridgehead atoms. The van der Waals surface area contributed by atoms with Crippen molar-refractivity contribution in [2.24, 2.45) is 0 Å². The summed E-state index contributed by atoms with van der Waals surface area (Å²) in [4.78, 5) is 24.8. The van der Waals surface area contributed by atoms with Crippen molar-refractivity contribution in [3.05, 3.63) is 56.1 Å². The fourth-order valence-corrected chi connectivity index (χ4v) is 2.00. The van der Waals surface area contributed by atoms with E-state index in [1.165, 1.54) is 0 Å². The Morgan fingerprint density at radius 1 is 1.30 bits per heavy atom. The third kappa shape index (κ3) is 2.36. The molecule has 0 amide bonds. The van der Waals surface area contributed by atoms with Crippen molar-refractivity contribution >= 4 is 0 Å². The number of H-pyrrole nitrogens is 1. The van der Waals surface area contributed by atoms with Gasteiger partial charge < -0.3 is 5.11 Å². The first-order valence-electron chi connectivity index (χ1n) is 6.16. The van der Waals surface area contributed by atoms with E-state index in [4.69, 9.17) is 0 Å².